The van der Waals surface area contributed by atoms with Gasteiger partial charge in [-0.05, 0) is 124 Å². The first-order chi connectivity index (χ1) is 31.7. The molecule has 64 heavy (non-hydrogen) atoms. The predicted molar refractivity (Wildman–Crippen MR) is 270 cm³/mol. The van der Waals surface area contributed by atoms with Crippen LogP contribution in [-0.4, -0.2) is 0 Å². The average Bonchev–Trinajstić information content (AvgIpc) is 3.91. The fourth-order valence-corrected chi connectivity index (χ4v) is 10.9. The number of para-hydroxylation sites is 1. The molecule has 14 rings (SSSR count). The number of hydrogen-bond donors (Lipinski definition) is 0. The molecular weight excluding hydrogens is 777 g/mol. The van der Waals surface area contributed by atoms with E-state index in [4.69, 9.17) is 8.83 Å². The molecular formula is C62H36O2. The van der Waals surface area contributed by atoms with E-state index in [0.29, 0.717) is 0 Å². The largest absolute Gasteiger partial charge is 0.456 e. The van der Waals surface area contributed by atoms with E-state index in [1.807, 2.05) is 0 Å². The van der Waals surface area contributed by atoms with Gasteiger partial charge in [0.2, 0.25) is 0 Å². The van der Waals surface area contributed by atoms with Crippen LogP contribution < -0.4 is 0 Å². The van der Waals surface area contributed by atoms with Gasteiger partial charge in [-0.2, -0.15) is 0 Å². The van der Waals surface area contributed by atoms with E-state index in [1.54, 1.807) is 0 Å². The lowest BCUT2D eigenvalue weighted by Gasteiger charge is -2.18. The van der Waals surface area contributed by atoms with Gasteiger partial charge in [0.1, 0.15) is 22.3 Å². The molecule has 14 aromatic rings. The van der Waals surface area contributed by atoms with Crippen LogP contribution in [0.3, 0.4) is 0 Å². The number of rotatable bonds is 4. The molecule has 0 fully saturated rings. The molecule has 0 aliphatic rings. The van der Waals surface area contributed by atoms with Gasteiger partial charge in [-0.3, -0.25) is 0 Å². The molecule has 0 saturated heterocycles. The summed E-state index contributed by atoms with van der Waals surface area (Å²) in [5, 5.41) is 16.5. The Bertz CT molecular complexity index is 4130. The molecule has 0 saturated carbocycles. The molecule has 0 N–H and O–H groups in total. The minimum absolute atomic E-state index is 0.874. The van der Waals surface area contributed by atoms with E-state index in [1.165, 1.54) is 81.7 Å². The molecule has 0 atom stereocenters. The van der Waals surface area contributed by atoms with Gasteiger partial charge in [0, 0.05) is 32.7 Å². The van der Waals surface area contributed by atoms with Gasteiger partial charge in [-0.15, -0.1) is 0 Å². The van der Waals surface area contributed by atoms with Crippen LogP contribution >= 0.6 is 0 Å². The first-order valence-electron chi connectivity index (χ1n) is 22.0. The summed E-state index contributed by atoms with van der Waals surface area (Å²) < 4.78 is 13.6. The van der Waals surface area contributed by atoms with Gasteiger partial charge in [-0.25, -0.2) is 0 Å². The van der Waals surface area contributed by atoms with E-state index in [9.17, 15) is 0 Å². The SMILES string of the molecule is c1ccc(-c2c3ccccc3c(-c3ccc4c(c3)oc3c(-c5c6ccccc6c(-c6ccc7oc8cc9ccccc9cc8c7c6)c6ccccc56)cccc34)c3ccccc23)cc1. The molecule has 0 aliphatic heterocycles. The fraction of sp³-hybridized carbons (Fsp3) is 0. The van der Waals surface area contributed by atoms with Crippen LogP contribution in [0, 0.1) is 0 Å². The first-order valence-corrected chi connectivity index (χ1v) is 22.0. The molecule has 2 heterocycles. The Kier molecular flexibility index (Phi) is 7.43. The maximum atomic E-state index is 7.13. The minimum Gasteiger partial charge on any atom is -0.456 e. The Morgan fingerprint density at radius 2 is 0.672 bits per heavy atom. The zero-order chi connectivity index (χ0) is 41.9. The van der Waals surface area contributed by atoms with Gasteiger partial charge in [0.25, 0.3) is 0 Å². The van der Waals surface area contributed by atoms with Crippen molar-refractivity contribution in [2.45, 2.75) is 0 Å². The van der Waals surface area contributed by atoms with Gasteiger partial charge in [0.15, 0.2) is 0 Å². The number of benzene rings is 12. The molecule has 0 bridgehead atoms. The Morgan fingerprint density at radius 1 is 0.219 bits per heavy atom. The Balaban J connectivity index is 0.982. The Hall–Kier alpha value is -8.46. The topological polar surface area (TPSA) is 26.3 Å². The van der Waals surface area contributed by atoms with Crippen molar-refractivity contribution in [3.8, 4) is 44.5 Å². The van der Waals surface area contributed by atoms with Crippen molar-refractivity contribution in [2.24, 2.45) is 0 Å². The van der Waals surface area contributed by atoms with Crippen LogP contribution in [-0.2, 0) is 0 Å². The molecule has 2 heteroatoms. The second-order valence-electron chi connectivity index (χ2n) is 17.1. The van der Waals surface area contributed by atoms with Crippen molar-refractivity contribution in [3.05, 3.63) is 218 Å². The maximum Gasteiger partial charge on any atom is 0.143 e. The van der Waals surface area contributed by atoms with E-state index in [0.717, 1.165) is 60.6 Å². The van der Waals surface area contributed by atoms with E-state index in [2.05, 4.69) is 218 Å². The van der Waals surface area contributed by atoms with Crippen LogP contribution in [0.2, 0.25) is 0 Å². The van der Waals surface area contributed by atoms with Crippen molar-refractivity contribution >= 4 is 97.7 Å². The van der Waals surface area contributed by atoms with Crippen molar-refractivity contribution in [1.82, 2.24) is 0 Å². The highest BCUT2D eigenvalue weighted by Gasteiger charge is 2.22. The molecule has 0 amide bonds. The summed E-state index contributed by atoms with van der Waals surface area (Å²) >= 11 is 0. The summed E-state index contributed by atoms with van der Waals surface area (Å²) in [6.07, 6.45) is 0. The summed E-state index contributed by atoms with van der Waals surface area (Å²) in [7, 11) is 0. The van der Waals surface area contributed by atoms with Gasteiger partial charge < -0.3 is 8.83 Å². The number of hydrogen-bond acceptors (Lipinski definition) is 2. The Labute approximate surface area is 367 Å². The molecule has 2 nitrogen and oxygen atoms in total. The van der Waals surface area contributed by atoms with Crippen molar-refractivity contribution < 1.29 is 8.83 Å². The molecule has 0 spiro atoms. The van der Waals surface area contributed by atoms with E-state index >= 15 is 0 Å². The van der Waals surface area contributed by atoms with Crippen LogP contribution in [0.25, 0.3) is 142 Å². The third-order valence-corrected chi connectivity index (χ3v) is 13.6. The van der Waals surface area contributed by atoms with Gasteiger partial charge >= 0.3 is 0 Å². The minimum atomic E-state index is 0.874. The molecule has 0 aliphatic carbocycles. The first kappa shape index (κ1) is 35.2. The summed E-state index contributed by atoms with van der Waals surface area (Å²) in [5.41, 5.74) is 13.0. The summed E-state index contributed by atoms with van der Waals surface area (Å²) in [6, 6.07) is 79.2. The maximum absolute atomic E-state index is 7.13. The van der Waals surface area contributed by atoms with E-state index < -0.39 is 0 Å². The van der Waals surface area contributed by atoms with Gasteiger partial charge in [-0.1, -0.05) is 182 Å². The molecule has 296 valence electrons. The molecule has 2 aromatic heterocycles. The smallest absolute Gasteiger partial charge is 0.143 e. The summed E-state index contributed by atoms with van der Waals surface area (Å²) in [5.74, 6) is 0. The standard InChI is InChI=1S/C62H36O2/c1-2-15-37(16-3-1)58-43-19-6-8-21-45(43)60(46-22-9-7-20-44(46)58)41-29-31-42-51-27-14-28-52(62(51)64-56(42)36-41)61-49-25-12-10-23-47(49)59(48-24-11-13-26-50(48)61)40-30-32-55-53(34-40)54-33-38-17-4-5-18-39(38)35-57(54)63-55/h1-36H. The third kappa shape index (κ3) is 5.08. The lowest BCUT2D eigenvalue weighted by Crippen LogP contribution is -1.91. The molecule has 0 unspecified atom stereocenters. The summed E-state index contributed by atoms with van der Waals surface area (Å²) in [4.78, 5) is 0. The quantitative estimate of drug-likeness (QED) is 0.166. The number of furan rings is 2. The summed E-state index contributed by atoms with van der Waals surface area (Å²) in [6.45, 7) is 0. The zero-order valence-electron chi connectivity index (χ0n) is 34.6. The van der Waals surface area contributed by atoms with Crippen molar-refractivity contribution in [3.63, 3.8) is 0 Å². The van der Waals surface area contributed by atoms with Crippen LogP contribution in [0.15, 0.2) is 227 Å². The van der Waals surface area contributed by atoms with Crippen LogP contribution in [0.1, 0.15) is 0 Å². The zero-order valence-corrected chi connectivity index (χ0v) is 34.6. The fourth-order valence-electron chi connectivity index (χ4n) is 10.9. The molecule has 0 radical (unpaired) electrons. The highest BCUT2D eigenvalue weighted by Crippen LogP contribution is 2.49. The second-order valence-corrected chi connectivity index (χ2v) is 17.1. The van der Waals surface area contributed by atoms with Gasteiger partial charge in [0.05, 0.1) is 0 Å². The highest BCUT2D eigenvalue weighted by molar-refractivity contribution is 6.26. The van der Waals surface area contributed by atoms with Crippen LogP contribution in [0.5, 0.6) is 0 Å². The Morgan fingerprint density at radius 3 is 1.28 bits per heavy atom. The lowest BCUT2D eigenvalue weighted by molar-refractivity contribution is 0.669. The predicted octanol–water partition coefficient (Wildman–Crippen LogP) is 17.9. The second kappa shape index (κ2) is 13.5. The van der Waals surface area contributed by atoms with Crippen molar-refractivity contribution in [2.75, 3.05) is 0 Å². The normalized spacial score (nSPS) is 12.1. The lowest BCUT2D eigenvalue weighted by atomic mass is 9.85. The molecule has 12 aromatic carbocycles. The average molecular weight is 813 g/mol. The highest BCUT2D eigenvalue weighted by atomic mass is 16.3. The van der Waals surface area contributed by atoms with Crippen molar-refractivity contribution in [1.29, 1.82) is 0 Å². The monoisotopic (exact) mass is 812 g/mol. The van der Waals surface area contributed by atoms with E-state index in [-0.39, 0.29) is 0 Å². The third-order valence-electron chi connectivity index (χ3n) is 13.6. The number of fused-ring (bicyclic) bond motifs is 11. The van der Waals surface area contributed by atoms with Crippen LogP contribution in [0.4, 0.5) is 0 Å².